The summed E-state index contributed by atoms with van der Waals surface area (Å²) in [6.07, 6.45) is 4.16. The lowest BCUT2D eigenvalue weighted by atomic mass is 9.88. The first-order valence-corrected chi connectivity index (χ1v) is 9.91. The van der Waals surface area contributed by atoms with Gasteiger partial charge in [-0.1, -0.05) is 31.9 Å². The summed E-state index contributed by atoms with van der Waals surface area (Å²) in [5.74, 6) is -0.989. The van der Waals surface area contributed by atoms with E-state index in [0.29, 0.717) is 13.1 Å². The normalized spacial score (nSPS) is 22.7. The van der Waals surface area contributed by atoms with Crippen LogP contribution in [0.5, 0.6) is 0 Å². The molecular weight excluding hydrogens is 455 g/mol. The highest BCUT2D eigenvalue weighted by Crippen LogP contribution is 2.19. The predicted molar refractivity (Wildman–Crippen MR) is 91.6 cm³/mol. The van der Waals surface area contributed by atoms with Crippen LogP contribution in [0.1, 0.15) is 38.2 Å². The summed E-state index contributed by atoms with van der Waals surface area (Å²) in [6, 6.07) is 6.89. The molecule has 1 heterocycles. The molecule has 1 aromatic carbocycles. The Morgan fingerprint density at radius 1 is 1.24 bits per heavy atom. The van der Waals surface area contributed by atoms with Crippen molar-refractivity contribution in [1.82, 2.24) is 4.72 Å². The van der Waals surface area contributed by atoms with Gasteiger partial charge in [0.25, 0.3) is 0 Å². The fourth-order valence-electron chi connectivity index (χ4n) is 3.38. The minimum atomic E-state index is -3.72. The Labute approximate surface area is 167 Å². The molecule has 1 aliphatic heterocycles. The van der Waals surface area contributed by atoms with Crippen LogP contribution in [0, 0.1) is 0 Å². The molecule has 0 bridgehead atoms. The van der Waals surface area contributed by atoms with Gasteiger partial charge >= 0.3 is 5.97 Å². The van der Waals surface area contributed by atoms with Crippen molar-refractivity contribution in [2.24, 2.45) is 0 Å². The van der Waals surface area contributed by atoms with Crippen molar-refractivity contribution in [1.29, 1.82) is 0 Å². The van der Waals surface area contributed by atoms with Crippen LogP contribution < -0.4 is 33.6 Å². The Morgan fingerprint density at radius 2 is 1.84 bits per heavy atom. The second-order valence-electron chi connectivity index (χ2n) is 6.87. The number of likely N-dealkylation sites (N-methyl/N-ethyl adjacent to an activating group) is 1. The van der Waals surface area contributed by atoms with Gasteiger partial charge in [-0.05, 0) is 30.5 Å². The first-order valence-electron chi connectivity index (χ1n) is 8.42. The van der Waals surface area contributed by atoms with Gasteiger partial charge in [-0.2, -0.15) is 4.72 Å². The van der Waals surface area contributed by atoms with Crippen LogP contribution >= 0.6 is 0 Å². The van der Waals surface area contributed by atoms with Crippen molar-refractivity contribution >= 4 is 16.0 Å². The summed E-state index contributed by atoms with van der Waals surface area (Å²) in [7, 11) is -1.80. The van der Waals surface area contributed by atoms with Gasteiger partial charge in [0, 0.05) is 0 Å². The highest BCUT2D eigenvalue weighted by atomic mass is 127. The highest BCUT2D eigenvalue weighted by molar-refractivity contribution is 7.89. The molecule has 6 nitrogen and oxygen atoms in total. The summed E-state index contributed by atoms with van der Waals surface area (Å²) < 4.78 is 27.8. The zero-order valence-corrected chi connectivity index (χ0v) is 17.7. The molecule has 0 aromatic heterocycles. The molecule has 0 unspecified atom stereocenters. The number of likely N-dealkylation sites (tertiary alicyclic amines) is 1. The van der Waals surface area contributed by atoms with Gasteiger partial charge in [0.1, 0.15) is 18.6 Å². The van der Waals surface area contributed by atoms with Crippen LogP contribution in [0.2, 0.25) is 0 Å². The van der Waals surface area contributed by atoms with E-state index in [0.717, 1.165) is 36.1 Å². The molecule has 0 radical (unpaired) electrons. The van der Waals surface area contributed by atoms with E-state index in [1.54, 1.807) is 12.1 Å². The maximum absolute atomic E-state index is 12.6. The van der Waals surface area contributed by atoms with Crippen molar-refractivity contribution in [3.63, 3.8) is 0 Å². The summed E-state index contributed by atoms with van der Waals surface area (Å²) in [5.41, 5.74) is 0.240. The first kappa shape index (κ1) is 22.3. The van der Waals surface area contributed by atoms with E-state index in [-0.39, 0.29) is 35.3 Å². The second kappa shape index (κ2) is 9.29. The maximum atomic E-state index is 12.6. The monoisotopic (exact) mass is 482 g/mol. The molecule has 0 aliphatic carbocycles. The number of rotatable bonds is 9. The molecule has 0 atom stereocenters. The largest absolute Gasteiger partial charge is 1.00 e. The van der Waals surface area contributed by atoms with E-state index in [2.05, 4.69) is 11.6 Å². The third-order valence-corrected chi connectivity index (χ3v) is 6.02. The Balaban J connectivity index is 0.00000312. The third-order valence-electron chi connectivity index (χ3n) is 4.42. The van der Waals surface area contributed by atoms with Gasteiger partial charge in [0.05, 0.1) is 18.4 Å². The van der Waals surface area contributed by atoms with Gasteiger partial charge in [-0.3, -0.25) is 4.79 Å². The lowest BCUT2D eigenvalue weighted by molar-refractivity contribution is -0.932. The molecule has 142 valence electrons. The Bertz CT molecular complexity index is 670. The second-order valence-corrected chi connectivity index (χ2v) is 8.55. The minimum absolute atomic E-state index is 0. The number of carbonyl (C=O) groups is 1. The Morgan fingerprint density at radius 3 is 2.32 bits per heavy atom. The van der Waals surface area contributed by atoms with Crippen LogP contribution in [0.15, 0.2) is 29.2 Å². The summed E-state index contributed by atoms with van der Waals surface area (Å²) in [6.45, 7) is 3.11. The molecule has 0 saturated carbocycles. The molecule has 2 rings (SSSR count). The number of sulfonamides is 1. The molecule has 0 spiro atoms. The molecular formula is C17H27IN2O4S. The number of carboxylic acids is 1. The van der Waals surface area contributed by atoms with Crippen LogP contribution in [0.3, 0.4) is 0 Å². The number of carboxylic acid groups (broad SMARTS) is 1. The van der Waals surface area contributed by atoms with Crippen LogP contribution in [-0.2, 0) is 21.2 Å². The maximum Gasteiger partial charge on any atom is 0.305 e. The fourth-order valence-corrected chi connectivity index (χ4v) is 4.78. The average molecular weight is 482 g/mol. The lowest BCUT2D eigenvalue weighted by Crippen LogP contribution is -3.22. The van der Waals surface area contributed by atoms with Crippen LogP contribution in [0.4, 0.5) is 0 Å². The fraction of sp³-hybridized carbons (Fsp3) is 0.588. The van der Waals surface area contributed by atoms with Crippen molar-refractivity contribution in [3.05, 3.63) is 29.8 Å². The van der Waals surface area contributed by atoms with Gasteiger partial charge < -0.3 is 34.0 Å². The number of quaternary nitrogens is 1. The molecule has 0 amide bonds. The van der Waals surface area contributed by atoms with E-state index in [9.17, 15) is 13.2 Å². The number of aryl methyl sites for hydroxylation is 1. The number of nitrogens with one attached hydrogen (secondary N) is 2. The zero-order chi connectivity index (χ0) is 17.8. The minimum Gasteiger partial charge on any atom is -1.00 e. The van der Waals surface area contributed by atoms with Crippen molar-refractivity contribution in [2.45, 2.75) is 49.5 Å². The van der Waals surface area contributed by atoms with Gasteiger partial charge in [0.15, 0.2) is 0 Å². The number of halogens is 1. The van der Waals surface area contributed by atoms with Crippen molar-refractivity contribution in [3.8, 4) is 0 Å². The quantitative estimate of drug-likeness (QED) is 0.267. The van der Waals surface area contributed by atoms with Crippen LogP contribution in [-0.4, -0.2) is 45.2 Å². The number of benzene rings is 1. The van der Waals surface area contributed by atoms with E-state index in [1.807, 2.05) is 19.2 Å². The van der Waals surface area contributed by atoms with E-state index in [1.165, 1.54) is 0 Å². The molecule has 25 heavy (non-hydrogen) atoms. The third kappa shape index (κ3) is 6.19. The van der Waals surface area contributed by atoms with Gasteiger partial charge in [-0.25, -0.2) is 8.42 Å². The molecule has 8 heteroatoms. The molecule has 1 aliphatic rings. The molecule has 1 aromatic rings. The molecule has 1 saturated heterocycles. The lowest BCUT2D eigenvalue weighted by Gasteiger charge is -2.43. The van der Waals surface area contributed by atoms with Gasteiger partial charge in [0.2, 0.25) is 10.0 Å². The van der Waals surface area contributed by atoms with Crippen LogP contribution in [0.25, 0.3) is 0 Å². The standard InChI is InChI=1S/C17H26N2O4S.HI/c1-3-4-5-6-14-7-9-15(10-8-14)24(22,23)18-17(11-16(20)21)12-19(2)13-17;/h7-10,18H,3-6,11-13H2,1-2H3,(H,20,21);1H. The molecule has 3 N–H and O–H groups in total. The summed E-state index contributed by atoms with van der Waals surface area (Å²) in [5, 5.41) is 9.06. The number of unbranched alkanes of at least 4 members (excludes halogenated alkanes) is 2. The van der Waals surface area contributed by atoms with Crippen molar-refractivity contribution in [2.75, 3.05) is 20.1 Å². The van der Waals surface area contributed by atoms with E-state index in [4.69, 9.17) is 5.11 Å². The average Bonchev–Trinajstić information content (AvgIpc) is 2.45. The molecule has 1 fully saturated rings. The number of hydrogen-bond acceptors (Lipinski definition) is 3. The van der Waals surface area contributed by atoms with E-state index >= 15 is 0 Å². The number of hydrogen-bond donors (Lipinski definition) is 3. The Hall–Kier alpha value is -0.710. The predicted octanol–water partition coefficient (Wildman–Crippen LogP) is -2.56. The number of aliphatic carboxylic acids is 1. The topological polar surface area (TPSA) is 87.9 Å². The summed E-state index contributed by atoms with van der Waals surface area (Å²) >= 11 is 0. The first-order chi connectivity index (χ1) is 11.3. The Kier molecular flexibility index (Phi) is 8.30. The van der Waals surface area contributed by atoms with E-state index < -0.39 is 21.5 Å². The zero-order valence-electron chi connectivity index (χ0n) is 14.7. The highest BCUT2D eigenvalue weighted by Gasteiger charge is 2.50. The smallest absolute Gasteiger partial charge is 0.305 e. The summed E-state index contributed by atoms with van der Waals surface area (Å²) in [4.78, 5) is 12.4. The van der Waals surface area contributed by atoms with Crippen molar-refractivity contribution < 1.29 is 47.2 Å². The SMILES string of the molecule is CCCCCc1ccc(S(=O)(=O)NC2(CC(=O)O)C[NH+](C)C2)cc1.[I-]. The van der Waals surface area contributed by atoms with Gasteiger partial charge in [-0.15, -0.1) is 0 Å².